The molecule has 2 rings (SSSR count). The highest BCUT2D eigenvalue weighted by molar-refractivity contribution is 9.10. The van der Waals surface area contributed by atoms with Crippen molar-refractivity contribution >= 4 is 39.0 Å². The van der Waals surface area contributed by atoms with Crippen molar-refractivity contribution in [1.82, 2.24) is 9.97 Å². The van der Waals surface area contributed by atoms with Crippen molar-refractivity contribution < 1.29 is 0 Å². The summed E-state index contributed by atoms with van der Waals surface area (Å²) < 4.78 is 1.18. The van der Waals surface area contributed by atoms with E-state index in [1.165, 1.54) is 9.35 Å². The van der Waals surface area contributed by atoms with Gasteiger partial charge < -0.3 is 0 Å². The van der Waals surface area contributed by atoms with Crippen LogP contribution in [0.25, 0.3) is 0 Å². The Labute approximate surface area is 98.9 Å². The first kappa shape index (κ1) is 10.1. The molecular formula is C9H7BrN2S2. The number of thioether (sulfide) groups is 1. The monoisotopic (exact) mass is 286 g/mol. The molecular weight excluding hydrogens is 280 g/mol. The van der Waals surface area contributed by atoms with Crippen LogP contribution in [0.4, 0.5) is 0 Å². The molecule has 0 bridgehead atoms. The molecule has 2 aromatic heterocycles. The molecule has 5 heteroatoms. The van der Waals surface area contributed by atoms with Gasteiger partial charge in [-0.3, -0.25) is 4.98 Å². The zero-order valence-corrected chi connectivity index (χ0v) is 10.4. The van der Waals surface area contributed by atoms with Crippen LogP contribution in [0.1, 0.15) is 4.88 Å². The Morgan fingerprint density at radius 3 is 3.00 bits per heavy atom. The van der Waals surface area contributed by atoms with Crippen molar-refractivity contribution in [2.75, 3.05) is 0 Å². The molecule has 2 aromatic rings. The summed E-state index contributed by atoms with van der Waals surface area (Å²) in [6, 6.07) is 2.07. The highest BCUT2D eigenvalue weighted by atomic mass is 79.9. The topological polar surface area (TPSA) is 25.8 Å². The number of halogens is 1. The van der Waals surface area contributed by atoms with Crippen LogP contribution in [0.15, 0.2) is 39.5 Å². The second-order valence-electron chi connectivity index (χ2n) is 2.52. The molecule has 0 saturated heterocycles. The van der Waals surface area contributed by atoms with E-state index in [4.69, 9.17) is 0 Å². The first-order valence-corrected chi connectivity index (χ1v) is 6.63. The molecule has 0 unspecified atom stereocenters. The second kappa shape index (κ2) is 4.91. The van der Waals surface area contributed by atoms with Crippen LogP contribution in [0.3, 0.4) is 0 Å². The molecule has 0 saturated carbocycles. The summed E-state index contributed by atoms with van der Waals surface area (Å²) in [5, 5.41) is 3.05. The lowest BCUT2D eigenvalue weighted by Crippen LogP contribution is -1.81. The molecule has 72 valence electrons. The quantitative estimate of drug-likeness (QED) is 0.807. The molecule has 0 aliphatic heterocycles. The Morgan fingerprint density at radius 1 is 1.43 bits per heavy atom. The van der Waals surface area contributed by atoms with Gasteiger partial charge in [-0.15, -0.1) is 11.3 Å². The van der Waals surface area contributed by atoms with Crippen molar-refractivity contribution in [3.05, 3.63) is 39.4 Å². The van der Waals surface area contributed by atoms with E-state index in [0.29, 0.717) is 0 Å². The molecule has 0 fully saturated rings. The molecule has 2 nitrogen and oxygen atoms in total. The highest BCUT2D eigenvalue weighted by Crippen LogP contribution is 2.29. The Balaban J connectivity index is 1.99. The molecule has 0 radical (unpaired) electrons. The highest BCUT2D eigenvalue weighted by Gasteiger charge is 2.02. The molecule has 2 heterocycles. The van der Waals surface area contributed by atoms with Crippen LogP contribution in [-0.2, 0) is 5.75 Å². The van der Waals surface area contributed by atoms with Crippen LogP contribution in [0.5, 0.6) is 0 Å². The number of hydrogen-bond acceptors (Lipinski definition) is 4. The number of thiophene rings is 1. The van der Waals surface area contributed by atoms with Crippen LogP contribution in [0, 0.1) is 0 Å². The standard InChI is InChI=1S/C9H7BrN2S2/c10-7-1-4-13-8(7)6-14-9-5-11-2-3-12-9/h1-5H,6H2. The van der Waals surface area contributed by atoms with E-state index < -0.39 is 0 Å². The van der Waals surface area contributed by atoms with E-state index >= 15 is 0 Å². The van der Waals surface area contributed by atoms with Gasteiger partial charge in [-0.2, -0.15) is 0 Å². The normalized spacial score (nSPS) is 10.4. The fraction of sp³-hybridized carbons (Fsp3) is 0.111. The van der Waals surface area contributed by atoms with Crippen molar-refractivity contribution in [2.45, 2.75) is 10.8 Å². The Hall–Kier alpha value is -0.390. The van der Waals surface area contributed by atoms with E-state index in [9.17, 15) is 0 Å². The van der Waals surface area contributed by atoms with Gasteiger partial charge in [0.15, 0.2) is 0 Å². The molecule has 0 aliphatic rings. The van der Waals surface area contributed by atoms with Gasteiger partial charge in [0.25, 0.3) is 0 Å². The fourth-order valence-corrected chi connectivity index (χ4v) is 3.54. The lowest BCUT2D eigenvalue weighted by Gasteiger charge is -1.97. The van der Waals surface area contributed by atoms with Gasteiger partial charge in [0.05, 0.1) is 6.20 Å². The minimum absolute atomic E-state index is 0.941. The zero-order chi connectivity index (χ0) is 9.80. The maximum absolute atomic E-state index is 4.20. The number of aromatic nitrogens is 2. The first-order valence-electron chi connectivity index (χ1n) is 3.97. The maximum Gasteiger partial charge on any atom is 0.115 e. The van der Waals surface area contributed by atoms with E-state index in [2.05, 4.69) is 37.3 Å². The van der Waals surface area contributed by atoms with Gasteiger partial charge in [-0.05, 0) is 27.4 Å². The van der Waals surface area contributed by atoms with E-state index in [1.54, 1.807) is 41.7 Å². The first-order chi connectivity index (χ1) is 6.86. The van der Waals surface area contributed by atoms with E-state index in [-0.39, 0.29) is 0 Å². The van der Waals surface area contributed by atoms with Crippen LogP contribution in [-0.4, -0.2) is 9.97 Å². The zero-order valence-electron chi connectivity index (χ0n) is 7.18. The largest absolute Gasteiger partial charge is 0.260 e. The third-order valence-electron chi connectivity index (χ3n) is 1.58. The predicted molar refractivity (Wildman–Crippen MR) is 63.6 cm³/mol. The second-order valence-corrected chi connectivity index (χ2v) is 5.37. The minimum atomic E-state index is 0.941. The number of hydrogen-bond donors (Lipinski definition) is 0. The van der Waals surface area contributed by atoms with Gasteiger partial charge in [0.1, 0.15) is 5.03 Å². The van der Waals surface area contributed by atoms with Gasteiger partial charge >= 0.3 is 0 Å². The van der Waals surface area contributed by atoms with Crippen molar-refractivity contribution in [2.24, 2.45) is 0 Å². The van der Waals surface area contributed by atoms with Crippen LogP contribution >= 0.6 is 39.0 Å². The van der Waals surface area contributed by atoms with Gasteiger partial charge in [0.2, 0.25) is 0 Å². The van der Waals surface area contributed by atoms with Crippen molar-refractivity contribution in [3.63, 3.8) is 0 Å². The van der Waals surface area contributed by atoms with Crippen LogP contribution in [0.2, 0.25) is 0 Å². The third-order valence-corrected chi connectivity index (χ3v) is 4.63. The summed E-state index contributed by atoms with van der Waals surface area (Å²) in [5.41, 5.74) is 0. The summed E-state index contributed by atoms with van der Waals surface area (Å²) in [6.45, 7) is 0. The lowest BCUT2D eigenvalue weighted by atomic mass is 10.5. The molecule has 0 atom stereocenters. The molecule has 0 amide bonds. The van der Waals surface area contributed by atoms with Gasteiger partial charge in [-0.1, -0.05) is 11.8 Å². The lowest BCUT2D eigenvalue weighted by molar-refractivity contribution is 1.05. The SMILES string of the molecule is Brc1ccsc1CSc1cnccn1. The fourth-order valence-electron chi connectivity index (χ4n) is 0.928. The molecule has 14 heavy (non-hydrogen) atoms. The average molecular weight is 287 g/mol. The van der Waals surface area contributed by atoms with Crippen LogP contribution < -0.4 is 0 Å². The predicted octanol–water partition coefficient (Wildman–Crippen LogP) is 3.59. The number of rotatable bonds is 3. The molecule has 0 spiro atoms. The Bertz CT molecular complexity index is 402. The van der Waals surface area contributed by atoms with Gasteiger partial charge in [0, 0.05) is 27.5 Å². The minimum Gasteiger partial charge on any atom is -0.260 e. The van der Waals surface area contributed by atoms with E-state index in [1.807, 2.05) is 0 Å². The summed E-state index contributed by atoms with van der Waals surface area (Å²) in [6.07, 6.45) is 5.18. The van der Waals surface area contributed by atoms with Crippen molar-refractivity contribution in [1.29, 1.82) is 0 Å². The smallest absolute Gasteiger partial charge is 0.115 e. The Kier molecular flexibility index (Phi) is 3.55. The van der Waals surface area contributed by atoms with Gasteiger partial charge in [-0.25, -0.2) is 4.98 Å². The summed E-state index contributed by atoms with van der Waals surface area (Å²) >= 11 is 6.95. The molecule has 0 N–H and O–H groups in total. The van der Waals surface area contributed by atoms with Crippen molar-refractivity contribution in [3.8, 4) is 0 Å². The maximum atomic E-state index is 4.20. The summed E-state index contributed by atoms with van der Waals surface area (Å²) in [4.78, 5) is 9.55. The van der Waals surface area contributed by atoms with E-state index in [0.717, 1.165) is 10.8 Å². The average Bonchev–Trinajstić information content (AvgIpc) is 2.63. The summed E-state index contributed by atoms with van der Waals surface area (Å²) in [7, 11) is 0. The Morgan fingerprint density at radius 2 is 2.36 bits per heavy atom. The summed E-state index contributed by atoms with van der Waals surface area (Å²) in [5.74, 6) is 0.941. The third kappa shape index (κ3) is 2.56. The molecule has 0 aliphatic carbocycles. The molecule has 0 aromatic carbocycles. The number of nitrogens with zero attached hydrogens (tertiary/aromatic N) is 2.